The highest BCUT2D eigenvalue weighted by Gasteiger charge is 2.25. The predicted molar refractivity (Wildman–Crippen MR) is 300 cm³/mol. The quantitative estimate of drug-likeness (QED) is 0.0285. The molecule has 0 spiro atoms. The van der Waals surface area contributed by atoms with Crippen LogP contribution in [0.15, 0.2) is 121 Å². The van der Waals surface area contributed by atoms with E-state index in [1.165, 1.54) is 24.3 Å². The zero-order valence-corrected chi connectivity index (χ0v) is 44.7. The Kier molecular flexibility index (Phi) is 17.7. The summed E-state index contributed by atoms with van der Waals surface area (Å²) in [6.07, 6.45) is -0.474. The maximum absolute atomic E-state index is 12.1. The van der Waals surface area contributed by atoms with Gasteiger partial charge in [0.1, 0.15) is 46.0 Å². The summed E-state index contributed by atoms with van der Waals surface area (Å²) in [5, 5.41) is 80.8. The van der Waals surface area contributed by atoms with Crippen molar-refractivity contribution in [2.45, 2.75) is 12.8 Å². The Morgan fingerprint density at radius 3 is 0.616 bits per heavy atom. The summed E-state index contributed by atoms with van der Waals surface area (Å²) in [4.78, 5) is 96.5. The van der Waals surface area contributed by atoms with Crippen molar-refractivity contribution >= 4 is 69.3 Å². The van der Waals surface area contributed by atoms with E-state index in [9.17, 15) is 79.2 Å². The maximum atomic E-state index is 12.1. The molecule has 0 aromatic heterocycles. The summed E-state index contributed by atoms with van der Waals surface area (Å²) < 4.78 is 46.7. The van der Waals surface area contributed by atoms with Crippen molar-refractivity contribution in [1.82, 2.24) is 0 Å². The Hall–Kier alpha value is -11.6. The van der Waals surface area contributed by atoms with Gasteiger partial charge in [0, 0.05) is 59.4 Å². The number of aliphatic carboxylic acids is 8. The van der Waals surface area contributed by atoms with Crippen LogP contribution in [-0.2, 0) is 51.2 Å². The molecule has 1 aliphatic rings. The fourth-order valence-electron chi connectivity index (χ4n) is 9.58. The van der Waals surface area contributed by atoms with Gasteiger partial charge >= 0.3 is 47.8 Å². The topological polar surface area (TPSA) is 372 Å². The molecule has 0 aliphatic heterocycles. The van der Waals surface area contributed by atoms with Crippen molar-refractivity contribution in [3.8, 4) is 90.5 Å². The molecule has 8 aromatic rings. The van der Waals surface area contributed by atoms with E-state index in [4.69, 9.17) is 37.9 Å². The number of hydrogen-bond donors (Lipinski definition) is 8. The van der Waals surface area contributed by atoms with E-state index >= 15 is 0 Å². The first-order chi connectivity index (χ1) is 41.1. The van der Waals surface area contributed by atoms with Crippen LogP contribution >= 0.6 is 0 Å². The number of ether oxygens (including phenoxy) is 8. The van der Waals surface area contributed by atoms with Crippen molar-refractivity contribution in [3.63, 3.8) is 0 Å². The van der Waals surface area contributed by atoms with Gasteiger partial charge in [0.15, 0.2) is 52.9 Å². The second-order valence-electron chi connectivity index (χ2n) is 19.2. The highest BCUT2D eigenvalue weighted by Crippen LogP contribution is 2.46. The third-order valence-corrected chi connectivity index (χ3v) is 13.1. The van der Waals surface area contributed by atoms with Gasteiger partial charge < -0.3 is 78.7 Å². The second-order valence-corrected chi connectivity index (χ2v) is 19.2. The van der Waals surface area contributed by atoms with Crippen molar-refractivity contribution in [1.29, 1.82) is 0 Å². The molecule has 86 heavy (non-hydrogen) atoms. The largest absolute Gasteiger partial charge is 0.481 e. The van der Waals surface area contributed by atoms with Crippen LogP contribution in [0.3, 0.4) is 0 Å². The highest BCUT2D eigenvalue weighted by molar-refractivity contribution is 5.95. The van der Waals surface area contributed by atoms with E-state index in [-0.39, 0.29) is 103 Å². The van der Waals surface area contributed by atoms with Gasteiger partial charge in [0.25, 0.3) is 0 Å². The van der Waals surface area contributed by atoms with Crippen LogP contribution in [0.25, 0.3) is 66.1 Å². The Bertz CT molecular complexity index is 3560. The summed E-state index contributed by atoms with van der Waals surface area (Å²) in [6.45, 7) is -7.01. The number of hydrogen-bond acceptors (Lipinski definition) is 16. The van der Waals surface area contributed by atoms with Crippen molar-refractivity contribution in [2.24, 2.45) is 0 Å². The Morgan fingerprint density at radius 1 is 0.244 bits per heavy atom. The molecule has 0 saturated carbocycles. The monoisotopic (exact) mass is 1180 g/mol. The molecule has 0 unspecified atom stereocenters. The van der Waals surface area contributed by atoms with Gasteiger partial charge in [-0.2, -0.15) is 0 Å². The first-order valence-corrected chi connectivity index (χ1v) is 25.7. The van der Waals surface area contributed by atoms with E-state index in [0.717, 1.165) is 0 Å². The lowest BCUT2D eigenvalue weighted by atomic mass is 9.91. The lowest BCUT2D eigenvalue weighted by Gasteiger charge is -2.21. The third-order valence-electron chi connectivity index (χ3n) is 13.1. The molecule has 0 fully saturated rings. The number of rotatable bonds is 24. The molecule has 8 N–H and O–H groups in total. The van der Waals surface area contributed by atoms with E-state index in [0.29, 0.717) is 43.8 Å². The van der Waals surface area contributed by atoms with Gasteiger partial charge in [-0.05, 0) is 115 Å². The average Bonchev–Trinajstić information content (AvgIpc) is 1.78. The van der Waals surface area contributed by atoms with Crippen LogP contribution in [0, 0.1) is 0 Å². The molecule has 0 atom stereocenters. The van der Waals surface area contributed by atoms with Gasteiger partial charge in [0.05, 0.1) is 0 Å². The van der Waals surface area contributed by atoms with Crippen LogP contribution in [-0.4, -0.2) is 141 Å². The summed E-state index contributed by atoms with van der Waals surface area (Å²) in [7, 11) is 0. The van der Waals surface area contributed by atoms with Crippen LogP contribution < -0.4 is 37.9 Å². The van der Waals surface area contributed by atoms with Crippen molar-refractivity contribution in [3.05, 3.63) is 144 Å². The van der Waals surface area contributed by atoms with Crippen LogP contribution in [0.2, 0.25) is 0 Å². The molecule has 8 aromatic carbocycles. The van der Waals surface area contributed by atoms with E-state index in [1.807, 2.05) is 0 Å². The minimum atomic E-state index is -1.38. The minimum absolute atomic E-state index is 0.0771. The van der Waals surface area contributed by atoms with Crippen LogP contribution in [0.5, 0.6) is 46.0 Å². The first kappa shape index (κ1) is 59.1. The third kappa shape index (κ3) is 14.4. The van der Waals surface area contributed by atoms with Gasteiger partial charge in [-0.3, -0.25) is 0 Å². The SMILES string of the molecule is O=C(O)COc1cc(OCC(=O)O)c2cc1Cc1cc(c(OCC(=O)O)cc1OCC(=O)O)-c1ccc3ccc(cc3c1)-c1cc(c(OCC(=O)O)cc1OCC(=O)O)Cc1cc(c(OCC(=O)O)cc1OCC(=O)O)-c1ccc3ccc-2cc3c1. The molecule has 440 valence electrons. The Balaban J connectivity index is 1.39. The van der Waals surface area contributed by atoms with Crippen molar-refractivity contribution in [2.75, 3.05) is 52.9 Å². The van der Waals surface area contributed by atoms with E-state index in [2.05, 4.69) is 0 Å². The number of benzene rings is 8. The number of carboxylic acids is 8. The molecular formula is C62H48O24. The molecule has 0 amide bonds. The van der Waals surface area contributed by atoms with Crippen molar-refractivity contribution < 1.29 is 117 Å². The lowest BCUT2D eigenvalue weighted by molar-refractivity contribution is -0.140. The molecule has 1 aliphatic carbocycles. The minimum Gasteiger partial charge on any atom is -0.481 e. The number of carboxylic acid groups (broad SMARTS) is 8. The normalized spacial score (nSPS) is 11.3. The summed E-state index contributed by atoms with van der Waals surface area (Å²) in [5.41, 5.74) is 3.51. The van der Waals surface area contributed by atoms with Gasteiger partial charge in [0.2, 0.25) is 0 Å². The number of fused-ring (bicyclic) bond motifs is 16. The highest BCUT2D eigenvalue weighted by atomic mass is 16.5. The molecule has 14 bridgehead atoms. The van der Waals surface area contributed by atoms with Gasteiger partial charge in [-0.1, -0.05) is 48.5 Å². The molecule has 0 saturated heterocycles. The zero-order valence-electron chi connectivity index (χ0n) is 44.7. The molecular weight excluding hydrogens is 1130 g/mol. The molecule has 0 radical (unpaired) electrons. The summed E-state index contributed by atoms with van der Waals surface area (Å²) >= 11 is 0. The molecule has 24 nitrogen and oxygen atoms in total. The van der Waals surface area contributed by atoms with Gasteiger partial charge in [-0.25, -0.2) is 38.4 Å². The first-order valence-electron chi connectivity index (χ1n) is 25.7. The van der Waals surface area contributed by atoms with Crippen LogP contribution in [0.4, 0.5) is 0 Å². The predicted octanol–water partition coefficient (Wildman–Crippen LogP) is 7.86. The maximum Gasteiger partial charge on any atom is 0.341 e. The molecule has 9 rings (SSSR count). The Morgan fingerprint density at radius 2 is 0.430 bits per heavy atom. The van der Waals surface area contributed by atoms with E-state index < -0.39 is 101 Å². The summed E-state index contributed by atoms with van der Waals surface area (Å²) in [6, 6.07) is 32.0. The fraction of sp³-hybridized carbons (Fsp3) is 0.161. The fourth-order valence-corrected chi connectivity index (χ4v) is 9.58. The van der Waals surface area contributed by atoms with Crippen LogP contribution in [0.1, 0.15) is 22.3 Å². The average molecular weight is 1180 g/mol. The lowest BCUT2D eigenvalue weighted by Crippen LogP contribution is -2.14. The smallest absolute Gasteiger partial charge is 0.341 e. The Labute approximate surface area is 484 Å². The number of carbonyl (C=O) groups is 8. The van der Waals surface area contributed by atoms with E-state index in [1.54, 1.807) is 97.1 Å². The summed E-state index contributed by atoms with van der Waals surface area (Å²) in [5.74, 6) is -11.7. The second kappa shape index (κ2) is 25.7. The standard InChI is InChI=1S/C62H48O24/c63-55(64)23-79-47-19-51(83-27-59(71)72)43-15-39(47)13-40-17-45(53(85-29-61(75)76)21-49(40)81-25-57(67)68)35-7-3-32-4-8-36(12-38(32)11-35)46-18-42(50(82-26-58(69)70)22-54(46)86-30-62(77)78)14-41-16-44(34-6-2-31-1-5-33(43)9-37(31)10-34)52(84-28-60(73)74)20-48(41)80-24-56(65)66/h1-12,15-22H,13-14,23-30H2,(H,63,64)(H,65,66)(H,67,68)(H,69,70)(H,71,72)(H,73,74)(H,75,76)(H,77,78). The molecule has 24 heteroatoms. The van der Waals surface area contributed by atoms with Gasteiger partial charge in [-0.15, -0.1) is 0 Å². The zero-order chi connectivity index (χ0) is 61.3. The molecule has 0 heterocycles.